The summed E-state index contributed by atoms with van der Waals surface area (Å²) >= 11 is 0. The van der Waals surface area contributed by atoms with Gasteiger partial charge in [0.05, 0.1) is 0 Å². The third-order valence-electron chi connectivity index (χ3n) is 3.01. The van der Waals surface area contributed by atoms with Crippen molar-refractivity contribution in [3.05, 3.63) is 54.1 Å². The molecular formula is C16H16F3NO. The number of hydrogen-bond acceptors (Lipinski definition) is 2. The first-order chi connectivity index (χ1) is 9.98. The molecule has 0 bridgehead atoms. The Balaban J connectivity index is 2.15. The van der Waals surface area contributed by atoms with Crippen LogP contribution in [-0.2, 0) is 6.42 Å². The molecule has 112 valence electrons. The molecule has 0 unspecified atom stereocenters. The summed E-state index contributed by atoms with van der Waals surface area (Å²) < 4.78 is 40.2. The van der Waals surface area contributed by atoms with Gasteiger partial charge in [-0.3, -0.25) is 0 Å². The van der Waals surface area contributed by atoms with E-state index in [1.165, 1.54) is 17.7 Å². The summed E-state index contributed by atoms with van der Waals surface area (Å²) in [6.45, 7) is 0.877. The van der Waals surface area contributed by atoms with Crippen LogP contribution in [0.1, 0.15) is 5.56 Å². The third kappa shape index (κ3) is 4.79. The number of benzene rings is 2. The summed E-state index contributed by atoms with van der Waals surface area (Å²) in [5.41, 5.74) is 3.01. The van der Waals surface area contributed by atoms with E-state index in [1.54, 1.807) is 12.1 Å². The van der Waals surface area contributed by atoms with Gasteiger partial charge in [0.1, 0.15) is 5.75 Å². The van der Waals surface area contributed by atoms with E-state index in [-0.39, 0.29) is 5.75 Å². The topological polar surface area (TPSA) is 21.3 Å². The van der Waals surface area contributed by atoms with Crippen LogP contribution in [0.2, 0.25) is 0 Å². The molecule has 0 aliphatic heterocycles. The van der Waals surface area contributed by atoms with Crippen molar-refractivity contribution in [1.82, 2.24) is 5.32 Å². The molecule has 2 aromatic carbocycles. The lowest BCUT2D eigenvalue weighted by Crippen LogP contribution is -2.16. The van der Waals surface area contributed by atoms with Crippen molar-refractivity contribution in [2.75, 3.05) is 13.6 Å². The van der Waals surface area contributed by atoms with Crippen LogP contribution in [0.4, 0.5) is 13.2 Å². The van der Waals surface area contributed by atoms with E-state index in [9.17, 15) is 13.2 Å². The SMILES string of the molecule is CNCCc1cccc(-c2ccc(OC(F)(F)F)cc2)c1. The van der Waals surface area contributed by atoms with Crippen LogP contribution < -0.4 is 10.1 Å². The number of nitrogens with one attached hydrogen (secondary N) is 1. The number of likely N-dealkylation sites (N-methyl/N-ethyl adjacent to an activating group) is 1. The lowest BCUT2D eigenvalue weighted by Gasteiger charge is -2.10. The Morgan fingerprint density at radius 2 is 1.71 bits per heavy atom. The van der Waals surface area contributed by atoms with Crippen molar-refractivity contribution in [2.45, 2.75) is 12.8 Å². The molecule has 0 radical (unpaired) electrons. The minimum Gasteiger partial charge on any atom is -0.406 e. The van der Waals surface area contributed by atoms with Gasteiger partial charge < -0.3 is 10.1 Å². The zero-order valence-electron chi connectivity index (χ0n) is 11.6. The maximum Gasteiger partial charge on any atom is 0.573 e. The first-order valence-electron chi connectivity index (χ1n) is 6.58. The number of rotatable bonds is 5. The molecule has 2 nitrogen and oxygen atoms in total. The van der Waals surface area contributed by atoms with Crippen LogP contribution in [0.15, 0.2) is 48.5 Å². The minimum atomic E-state index is -4.66. The molecule has 0 saturated carbocycles. The number of ether oxygens (including phenoxy) is 1. The van der Waals surface area contributed by atoms with Crippen LogP contribution in [-0.4, -0.2) is 20.0 Å². The number of hydrogen-bond donors (Lipinski definition) is 1. The molecule has 2 aromatic rings. The van der Waals surface area contributed by atoms with Crippen molar-refractivity contribution < 1.29 is 17.9 Å². The molecule has 0 spiro atoms. The lowest BCUT2D eigenvalue weighted by molar-refractivity contribution is -0.274. The van der Waals surface area contributed by atoms with Gasteiger partial charge in [-0.2, -0.15) is 0 Å². The lowest BCUT2D eigenvalue weighted by atomic mass is 10.0. The zero-order chi connectivity index (χ0) is 15.3. The van der Waals surface area contributed by atoms with Gasteiger partial charge in [0, 0.05) is 0 Å². The Bertz CT molecular complexity index is 579. The van der Waals surface area contributed by atoms with Gasteiger partial charge >= 0.3 is 6.36 Å². The molecule has 1 N–H and O–H groups in total. The van der Waals surface area contributed by atoms with Gasteiger partial charge in [0.25, 0.3) is 0 Å². The van der Waals surface area contributed by atoms with Gasteiger partial charge in [0.15, 0.2) is 0 Å². The Kier molecular flexibility index (Phi) is 4.85. The van der Waals surface area contributed by atoms with E-state index >= 15 is 0 Å². The van der Waals surface area contributed by atoms with E-state index < -0.39 is 6.36 Å². The molecule has 0 saturated heterocycles. The first kappa shape index (κ1) is 15.4. The summed E-state index contributed by atoms with van der Waals surface area (Å²) in [5, 5.41) is 3.08. The van der Waals surface area contributed by atoms with E-state index in [0.29, 0.717) is 0 Å². The number of alkyl halides is 3. The van der Waals surface area contributed by atoms with Crippen LogP contribution in [0.25, 0.3) is 11.1 Å². The predicted molar refractivity (Wildman–Crippen MR) is 76.2 cm³/mol. The Morgan fingerprint density at radius 1 is 1.00 bits per heavy atom. The maximum atomic E-state index is 12.1. The standard InChI is InChI=1S/C16H16F3NO/c1-20-10-9-12-3-2-4-14(11-12)13-5-7-15(8-6-13)21-16(17,18)19/h2-8,11,20H,9-10H2,1H3. The molecular weight excluding hydrogens is 279 g/mol. The van der Waals surface area contributed by atoms with Gasteiger partial charge in [-0.1, -0.05) is 36.4 Å². The summed E-state index contributed by atoms with van der Waals surface area (Å²) in [7, 11) is 1.89. The minimum absolute atomic E-state index is 0.211. The van der Waals surface area contributed by atoms with Crippen molar-refractivity contribution in [3.8, 4) is 16.9 Å². The summed E-state index contributed by atoms with van der Waals surface area (Å²) in [6, 6.07) is 13.8. The van der Waals surface area contributed by atoms with Gasteiger partial charge in [-0.15, -0.1) is 13.2 Å². The largest absolute Gasteiger partial charge is 0.573 e. The molecule has 0 aromatic heterocycles. The van der Waals surface area contributed by atoms with Crippen molar-refractivity contribution in [3.63, 3.8) is 0 Å². The smallest absolute Gasteiger partial charge is 0.406 e. The van der Waals surface area contributed by atoms with Crippen LogP contribution in [0.5, 0.6) is 5.75 Å². The Morgan fingerprint density at radius 3 is 2.33 bits per heavy atom. The molecule has 0 aliphatic rings. The molecule has 21 heavy (non-hydrogen) atoms. The summed E-state index contributed by atoms with van der Waals surface area (Å²) in [5.74, 6) is -0.211. The van der Waals surface area contributed by atoms with Crippen LogP contribution in [0.3, 0.4) is 0 Å². The molecule has 0 aliphatic carbocycles. The normalized spacial score (nSPS) is 11.4. The fraction of sp³-hybridized carbons (Fsp3) is 0.250. The highest BCUT2D eigenvalue weighted by Gasteiger charge is 2.30. The van der Waals surface area contributed by atoms with E-state index in [2.05, 4.69) is 10.1 Å². The average molecular weight is 295 g/mol. The van der Waals surface area contributed by atoms with Crippen molar-refractivity contribution in [2.24, 2.45) is 0 Å². The van der Waals surface area contributed by atoms with E-state index in [0.717, 1.165) is 24.1 Å². The highest BCUT2D eigenvalue weighted by Crippen LogP contribution is 2.26. The molecule has 0 atom stereocenters. The fourth-order valence-corrected chi connectivity index (χ4v) is 2.02. The molecule has 0 amide bonds. The van der Waals surface area contributed by atoms with Gasteiger partial charge in [0.2, 0.25) is 0 Å². The van der Waals surface area contributed by atoms with Gasteiger partial charge in [-0.05, 0) is 48.8 Å². The van der Waals surface area contributed by atoms with E-state index in [4.69, 9.17) is 0 Å². The highest BCUT2D eigenvalue weighted by atomic mass is 19.4. The quantitative estimate of drug-likeness (QED) is 0.899. The highest BCUT2D eigenvalue weighted by molar-refractivity contribution is 5.64. The van der Waals surface area contributed by atoms with Crippen LogP contribution in [0, 0.1) is 0 Å². The van der Waals surface area contributed by atoms with Crippen molar-refractivity contribution >= 4 is 0 Å². The average Bonchev–Trinajstić information content (AvgIpc) is 2.44. The Labute approximate surface area is 121 Å². The molecule has 0 heterocycles. The molecule has 0 fully saturated rings. The third-order valence-corrected chi connectivity index (χ3v) is 3.01. The van der Waals surface area contributed by atoms with Crippen LogP contribution >= 0.6 is 0 Å². The van der Waals surface area contributed by atoms with Crippen molar-refractivity contribution in [1.29, 1.82) is 0 Å². The second-order valence-corrected chi connectivity index (χ2v) is 4.63. The van der Waals surface area contributed by atoms with E-state index in [1.807, 2.05) is 31.3 Å². The maximum absolute atomic E-state index is 12.1. The zero-order valence-corrected chi connectivity index (χ0v) is 11.6. The summed E-state index contributed by atoms with van der Waals surface area (Å²) in [6.07, 6.45) is -3.76. The molecule has 5 heteroatoms. The predicted octanol–water partition coefficient (Wildman–Crippen LogP) is 4.01. The summed E-state index contributed by atoms with van der Waals surface area (Å²) in [4.78, 5) is 0. The van der Waals surface area contributed by atoms with Gasteiger partial charge in [-0.25, -0.2) is 0 Å². The first-order valence-corrected chi connectivity index (χ1v) is 6.58. The second kappa shape index (κ2) is 6.63. The number of halogens is 3. The second-order valence-electron chi connectivity index (χ2n) is 4.63. The Hall–Kier alpha value is -2.01. The molecule has 2 rings (SSSR count). The fourth-order valence-electron chi connectivity index (χ4n) is 2.02. The monoisotopic (exact) mass is 295 g/mol.